The summed E-state index contributed by atoms with van der Waals surface area (Å²) < 4.78 is 2.15. The first-order valence-corrected chi connectivity index (χ1v) is 8.86. The third-order valence-electron chi connectivity index (χ3n) is 5.19. The van der Waals surface area contributed by atoms with Gasteiger partial charge in [0, 0.05) is 48.9 Å². The number of benzene rings is 2. The number of aryl methyl sites for hydroxylation is 1. The van der Waals surface area contributed by atoms with Gasteiger partial charge >= 0.3 is 0 Å². The van der Waals surface area contributed by atoms with E-state index < -0.39 is 0 Å². The maximum absolute atomic E-state index is 3.52. The average molecular weight is 319 g/mol. The predicted molar refractivity (Wildman–Crippen MR) is 103 cm³/mol. The quantitative estimate of drug-likeness (QED) is 0.719. The van der Waals surface area contributed by atoms with E-state index in [9.17, 15) is 0 Å². The third kappa shape index (κ3) is 2.99. The molecule has 1 aliphatic heterocycles. The van der Waals surface area contributed by atoms with Gasteiger partial charge in [0.15, 0.2) is 0 Å². The molecule has 0 atom stereocenters. The van der Waals surface area contributed by atoms with Crippen LogP contribution in [0, 0.1) is 5.92 Å². The Balaban J connectivity index is 1.49. The van der Waals surface area contributed by atoms with Crippen LogP contribution in [-0.4, -0.2) is 17.7 Å². The van der Waals surface area contributed by atoms with Crippen molar-refractivity contribution in [3.63, 3.8) is 0 Å². The molecule has 1 N–H and O–H groups in total. The van der Waals surface area contributed by atoms with E-state index in [1.807, 2.05) is 0 Å². The first-order valence-electron chi connectivity index (χ1n) is 8.86. The molecule has 0 saturated carbocycles. The smallest absolute Gasteiger partial charge is 0.0498 e. The van der Waals surface area contributed by atoms with Crippen molar-refractivity contribution in [3.05, 3.63) is 54.7 Å². The Hall–Kier alpha value is -2.42. The first kappa shape index (κ1) is 15.1. The van der Waals surface area contributed by atoms with Crippen LogP contribution in [0.25, 0.3) is 10.9 Å². The van der Waals surface area contributed by atoms with Crippen LogP contribution in [0.3, 0.4) is 0 Å². The molecule has 1 fully saturated rings. The second-order valence-electron chi connectivity index (χ2n) is 7.04. The second-order valence-corrected chi connectivity index (χ2v) is 7.04. The lowest BCUT2D eigenvalue weighted by Crippen LogP contribution is -2.32. The third-order valence-corrected chi connectivity index (χ3v) is 5.19. The second kappa shape index (κ2) is 6.23. The van der Waals surface area contributed by atoms with Gasteiger partial charge in [-0.15, -0.1) is 0 Å². The molecule has 0 unspecified atom stereocenters. The number of nitrogens with zero attached hydrogens (tertiary/aromatic N) is 2. The fourth-order valence-electron chi connectivity index (χ4n) is 3.53. The predicted octanol–water partition coefficient (Wildman–Crippen LogP) is 5.16. The van der Waals surface area contributed by atoms with Crippen molar-refractivity contribution in [1.29, 1.82) is 0 Å². The van der Waals surface area contributed by atoms with E-state index in [1.54, 1.807) is 0 Å². The fraction of sp³-hybridized carbons (Fsp3) is 0.333. The lowest BCUT2D eigenvalue weighted by atomic mass is 9.99. The van der Waals surface area contributed by atoms with Crippen molar-refractivity contribution in [2.24, 2.45) is 13.0 Å². The number of anilines is 3. The van der Waals surface area contributed by atoms with Crippen LogP contribution in [-0.2, 0) is 7.05 Å². The summed E-state index contributed by atoms with van der Waals surface area (Å²) in [5.41, 5.74) is 4.85. The van der Waals surface area contributed by atoms with E-state index in [1.165, 1.54) is 42.5 Å². The van der Waals surface area contributed by atoms with Gasteiger partial charge in [-0.3, -0.25) is 0 Å². The lowest BCUT2D eigenvalue weighted by molar-refractivity contribution is 0.438. The molecule has 1 aromatic heterocycles. The maximum Gasteiger partial charge on any atom is 0.0498 e. The normalized spacial score (nSPS) is 15.8. The zero-order valence-electron chi connectivity index (χ0n) is 14.5. The molecular weight excluding hydrogens is 294 g/mol. The van der Waals surface area contributed by atoms with Gasteiger partial charge in [0.2, 0.25) is 0 Å². The fourth-order valence-corrected chi connectivity index (χ4v) is 3.53. The Morgan fingerprint density at radius 2 is 1.62 bits per heavy atom. The van der Waals surface area contributed by atoms with Gasteiger partial charge in [0.05, 0.1) is 0 Å². The van der Waals surface area contributed by atoms with E-state index >= 15 is 0 Å². The number of fused-ring (bicyclic) bond motifs is 1. The van der Waals surface area contributed by atoms with Crippen LogP contribution in [0.1, 0.15) is 19.8 Å². The van der Waals surface area contributed by atoms with Gasteiger partial charge in [-0.2, -0.15) is 0 Å². The summed E-state index contributed by atoms with van der Waals surface area (Å²) in [4.78, 5) is 2.50. The summed E-state index contributed by atoms with van der Waals surface area (Å²) in [6, 6.07) is 17.5. The zero-order valence-corrected chi connectivity index (χ0v) is 14.5. The Morgan fingerprint density at radius 3 is 2.38 bits per heavy atom. The minimum atomic E-state index is 0.870. The molecule has 4 rings (SSSR count). The summed E-state index contributed by atoms with van der Waals surface area (Å²) in [7, 11) is 2.08. The van der Waals surface area contributed by atoms with E-state index in [-0.39, 0.29) is 0 Å². The van der Waals surface area contributed by atoms with Crippen molar-refractivity contribution >= 4 is 28.0 Å². The first-order chi connectivity index (χ1) is 11.7. The number of hydrogen-bond donors (Lipinski definition) is 1. The summed E-state index contributed by atoms with van der Waals surface area (Å²) in [6.07, 6.45) is 4.70. The molecule has 124 valence electrons. The number of rotatable bonds is 3. The molecule has 0 amide bonds. The average Bonchev–Trinajstić information content (AvgIpc) is 2.97. The van der Waals surface area contributed by atoms with Crippen LogP contribution < -0.4 is 10.2 Å². The number of nitrogens with one attached hydrogen (secondary N) is 1. The van der Waals surface area contributed by atoms with Gasteiger partial charge in [-0.25, -0.2) is 0 Å². The minimum Gasteiger partial charge on any atom is -0.372 e. The zero-order chi connectivity index (χ0) is 16.5. The largest absolute Gasteiger partial charge is 0.372 e. The van der Waals surface area contributed by atoms with E-state index in [0.29, 0.717) is 0 Å². The highest BCUT2D eigenvalue weighted by molar-refractivity contribution is 5.84. The summed E-state index contributed by atoms with van der Waals surface area (Å²) >= 11 is 0. The number of hydrogen-bond acceptors (Lipinski definition) is 2. The Morgan fingerprint density at radius 1 is 0.917 bits per heavy atom. The minimum absolute atomic E-state index is 0.870. The topological polar surface area (TPSA) is 20.2 Å². The van der Waals surface area contributed by atoms with Crippen molar-refractivity contribution in [3.8, 4) is 0 Å². The highest BCUT2D eigenvalue weighted by Crippen LogP contribution is 2.26. The van der Waals surface area contributed by atoms with Gasteiger partial charge in [-0.05, 0) is 66.6 Å². The Kier molecular flexibility index (Phi) is 3.93. The summed E-state index contributed by atoms with van der Waals surface area (Å²) in [5.74, 6) is 0.870. The molecule has 1 saturated heterocycles. The molecule has 0 bridgehead atoms. The van der Waals surface area contributed by atoms with Crippen molar-refractivity contribution in [2.45, 2.75) is 19.8 Å². The number of aromatic nitrogens is 1. The van der Waals surface area contributed by atoms with Gasteiger partial charge in [0.25, 0.3) is 0 Å². The molecule has 0 radical (unpaired) electrons. The SMILES string of the molecule is CC1CCN(c2ccc(Nc3ccc4ccn(C)c4c3)cc2)CC1. The van der Waals surface area contributed by atoms with Crippen LogP contribution in [0.4, 0.5) is 17.1 Å². The molecule has 2 heterocycles. The van der Waals surface area contributed by atoms with E-state index in [0.717, 1.165) is 17.3 Å². The van der Waals surface area contributed by atoms with Gasteiger partial charge < -0.3 is 14.8 Å². The van der Waals surface area contributed by atoms with Crippen LogP contribution in [0.2, 0.25) is 0 Å². The summed E-state index contributed by atoms with van der Waals surface area (Å²) in [6.45, 7) is 4.71. The monoisotopic (exact) mass is 319 g/mol. The molecule has 1 aliphatic rings. The molecule has 0 aliphatic carbocycles. The van der Waals surface area contributed by atoms with E-state index in [4.69, 9.17) is 0 Å². The van der Waals surface area contributed by atoms with Crippen LogP contribution in [0.15, 0.2) is 54.7 Å². The Labute approximate surface area is 143 Å². The van der Waals surface area contributed by atoms with Crippen molar-refractivity contribution in [1.82, 2.24) is 4.57 Å². The standard InChI is InChI=1S/C21H25N3/c1-16-9-13-24(14-10-16)20-7-5-18(6-8-20)22-19-4-3-17-11-12-23(2)21(17)15-19/h3-8,11-12,15-16,22H,9-10,13-14H2,1-2H3. The van der Waals surface area contributed by atoms with Gasteiger partial charge in [0.1, 0.15) is 0 Å². The van der Waals surface area contributed by atoms with Crippen LogP contribution >= 0.6 is 0 Å². The highest BCUT2D eigenvalue weighted by atomic mass is 15.1. The molecule has 3 heteroatoms. The molecule has 24 heavy (non-hydrogen) atoms. The van der Waals surface area contributed by atoms with Crippen LogP contribution in [0.5, 0.6) is 0 Å². The maximum atomic E-state index is 3.52. The molecule has 2 aromatic carbocycles. The molecule has 3 aromatic rings. The van der Waals surface area contributed by atoms with Crippen molar-refractivity contribution < 1.29 is 0 Å². The molecular formula is C21H25N3. The Bertz CT molecular complexity index is 824. The van der Waals surface area contributed by atoms with Gasteiger partial charge in [-0.1, -0.05) is 13.0 Å². The van der Waals surface area contributed by atoms with E-state index in [2.05, 4.69) is 83.5 Å². The highest BCUT2D eigenvalue weighted by Gasteiger charge is 2.15. The number of piperidine rings is 1. The molecule has 3 nitrogen and oxygen atoms in total. The lowest BCUT2D eigenvalue weighted by Gasteiger charge is -2.32. The van der Waals surface area contributed by atoms with Crippen molar-refractivity contribution in [2.75, 3.05) is 23.3 Å². The summed E-state index contributed by atoms with van der Waals surface area (Å²) in [5, 5.41) is 4.79. The molecule has 0 spiro atoms.